The molecule has 0 radical (unpaired) electrons. The SMILES string of the molecule is CN(C)/C(=N/Nc1ccccc1)C(=O)Nc1ccccc1. The van der Waals surface area contributed by atoms with Crippen molar-refractivity contribution < 1.29 is 4.79 Å². The highest BCUT2D eigenvalue weighted by molar-refractivity contribution is 6.42. The van der Waals surface area contributed by atoms with E-state index in [1.807, 2.05) is 60.7 Å². The maximum absolute atomic E-state index is 12.3. The Kier molecular flexibility index (Phi) is 4.93. The number of hydrazone groups is 1. The first-order valence-corrected chi connectivity index (χ1v) is 6.59. The summed E-state index contributed by atoms with van der Waals surface area (Å²) in [5.41, 5.74) is 4.43. The molecule has 2 N–H and O–H groups in total. The molecule has 5 nitrogen and oxygen atoms in total. The van der Waals surface area contributed by atoms with Gasteiger partial charge in [-0.3, -0.25) is 10.2 Å². The molecule has 0 aliphatic heterocycles. The van der Waals surface area contributed by atoms with Crippen molar-refractivity contribution in [1.29, 1.82) is 0 Å². The average Bonchev–Trinajstić information content (AvgIpc) is 2.49. The molecule has 21 heavy (non-hydrogen) atoms. The lowest BCUT2D eigenvalue weighted by Crippen LogP contribution is -2.35. The zero-order chi connectivity index (χ0) is 15.1. The zero-order valence-corrected chi connectivity index (χ0v) is 12.1. The summed E-state index contributed by atoms with van der Waals surface area (Å²) in [6, 6.07) is 18.8. The summed E-state index contributed by atoms with van der Waals surface area (Å²) < 4.78 is 0. The zero-order valence-electron chi connectivity index (χ0n) is 12.1. The second kappa shape index (κ2) is 7.09. The van der Waals surface area contributed by atoms with Gasteiger partial charge < -0.3 is 10.2 Å². The second-order valence-corrected chi connectivity index (χ2v) is 4.63. The lowest BCUT2D eigenvalue weighted by molar-refractivity contribution is -0.110. The van der Waals surface area contributed by atoms with Gasteiger partial charge in [-0.05, 0) is 24.3 Å². The van der Waals surface area contributed by atoms with Crippen LogP contribution in [0.4, 0.5) is 11.4 Å². The number of hydrogen-bond acceptors (Lipinski definition) is 3. The number of carbonyl (C=O) groups excluding carboxylic acids is 1. The van der Waals surface area contributed by atoms with Crippen molar-refractivity contribution in [2.24, 2.45) is 5.10 Å². The molecule has 2 aromatic rings. The maximum Gasteiger partial charge on any atom is 0.293 e. The van der Waals surface area contributed by atoms with Crippen LogP contribution in [0.2, 0.25) is 0 Å². The largest absolute Gasteiger partial charge is 0.357 e. The number of likely N-dealkylation sites (N-methyl/N-ethyl adjacent to an activating group) is 1. The standard InChI is InChI=1S/C16H18N4O/c1-20(2)15(19-18-14-11-7-4-8-12-14)16(21)17-13-9-5-3-6-10-13/h3-12,18H,1-2H3,(H,17,21)/b19-15+. The number of anilines is 2. The van der Waals surface area contributed by atoms with E-state index in [0.717, 1.165) is 11.4 Å². The van der Waals surface area contributed by atoms with E-state index in [4.69, 9.17) is 0 Å². The predicted molar refractivity (Wildman–Crippen MR) is 86.3 cm³/mol. The molecule has 0 spiro atoms. The molecule has 0 heterocycles. The first-order chi connectivity index (χ1) is 10.2. The number of nitrogens with zero attached hydrogens (tertiary/aromatic N) is 2. The molecule has 0 aliphatic rings. The van der Waals surface area contributed by atoms with Crippen molar-refractivity contribution in [2.75, 3.05) is 24.8 Å². The predicted octanol–water partition coefficient (Wildman–Crippen LogP) is 2.61. The average molecular weight is 282 g/mol. The topological polar surface area (TPSA) is 56.7 Å². The fourth-order valence-electron chi connectivity index (χ4n) is 1.69. The summed E-state index contributed by atoms with van der Waals surface area (Å²) in [6.45, 7) is 0. The van der Waals surface area contributed by atoms with E-state index < -0.39 is 0 Å². The van der Waals surface area contributed by atoms with Gasteiger partial charge in [0.2, 0.25) is 5.84 Å². The van der Waals surface area contributed by atoms with Crippen LogP contribution in [0.1, 0.15) is 0 Å². The van der Waals surface area contributed by atoms with Gasteiger partial charge in [-0.1, -0.05) is 36.4 Å². The molecule has 0 saturated heterocycles. The molecule has 0 aliphatic carbocycles. The van der Waals surface area contributed by atoms with Gasteiger partial charge in [0.05, 0.1) is 5.69 Å². The Morgan fingerprint density at radius 3 is 1.95 bits per heavy atom. The molecule has 0 atom stereocenters. The van der Waals surface area contributed by atoms with Crippen molar-refractivity contribution in [1.82, 2.24) is 4.90 Å². The lowest BCUT2D eigenvalue weighted by atomic mass is 10.3. The highest BCUT2D eigenvalue weighted by Gasteiger charge is 2.14. The summed E-state index contributed by atoms with van der Waals surface area (Å²) in [5.74, 6) is 0.0253. The van der Waals surface area contributed by atoms with Crippen LogP contribution in [0.3, 0.4) is 0 Å². The summed E-state index contributed by atoms with van der Waals surface area (Å²) >= 11 is 0. The minimum atomic E-state index is -0.269. The molecule has 0 aromatic heterocycles. The quantitative estimate of drug-likeness (QED) is 0.517. The van der Waals surface area contributed by atoms with Gasteiger partial charge in [0.25, 0.3) is 5.91 Å². The molecular weight excluding hydrogens is 264 g/mol. The highest BCUT2D eigenvalue weighted by atomic mass is 16.2. The van der Waals surface area contributed by atoms with Crippen molar-refractivity contribution in [3.05, 3.63) is 60.7 Å². The third-order valence-corrected chi connectivity index (χ3v) is 2.72. The second-order valence-electron chi connectivity index (χ2n) is 4.63. The number of carbonyl (C=O) groups is 1. The third-order valence-electron chi connectivity index (χ3n) is 2.72. The van der Waals surface area contributed by atoms with Crippen LogP contribution in [0.25, 0.3) is 0 Å². The highest BCUT2D eigenvalue weighted by Crippen LogP contribution is 2.07. The molecule has 2 aromatic carbocycles. The number of para-hydroxylation sites is 2. The van der Waals surface area contributed by atoms with E-state index >= 15 is 0 Å². The Labute approximate surface area is 124 Å². The van der Waals surface area contributed by atoms with Crippen LogP contribution in [-0.4, -0.2) is 30.7 Å². The fourth-order valence-corrected chi connectivity index (χ4v) is 1.69. The fraction of sp³-hybridized carbons (Fsp3) is 0.125. The molecule has 108 valence electrons. The third kappa shape index (κ3) is 4.35. The molecule has 2 rings (SSSR count). The summed E-state index contributed by atoms with van der Waals surface area (Å²) in [5, 5.41) is 6.98. The number of benzene rings is 2. The van der Waals surface area contributed by atoms with Gasteiger partial charge in [0.1, 0.15) is 0 Å². The Hall–Kier alpha value is -2.82. The molecule has 0 fully saturated rings. The molecule has 0 bridgehead atoms. The van der Waals surface area contributed by atoms with Gasteiger partial charge in [-0.2, -0.15) is 5.10 Å². The summed E-state index contributed by atoms with van der Waals surface area (Å²) in [4.78, 5) is 13.9. The molecule has 5 heteroatoms. The summed E-state index contributed by atoms with van der Waals surface area (Å²) in [6.07, 6.45) is 0. The number of amides is 1. The van der Waals surface area contributed by atoms with Gasteiger partial charge in [0.15, 0.2) is 0 Å². The smallest absolute Gasteiger partial charge is 0.293 e. The van der Waals surface area contributed by atoms with Crippen LogP contribution in [0, 0.1) is 0 Å². The van der Waals surface area contributed by atoms with Gasteiger partial charge in [0, 0.05) is 19.8 Å². The number of amidine groups is 1. The van der Waals surface area contributed by atoms with Crippen molar-refractivity contribution in [2.45, 2.75) is 0 Å². The van der Waals surface area contributed by atoms with Crippen molar-refractivity contribution in [3.63, 3.8) is 0 Å². The minimum absolute atomic E-state index is 0.269. The van der Waals surface area contributed by atoms with Crippen molar-refractivity contribution >= 4 is 23.1 Å². The van der Waals surface area contributed by atoms with E-state index in [1.165, 1.54) is 0 Å². The van der Waals surface area contributed by atoms with E-state index in [1.54, 1.807) is 19.0 Å². The maximum atomic E-state index is 12.3. The molecular formula is C16H18N4O. The first kappa shape index (κ1) is 14.6. The van der Waals surface area contributed by atoms with Crippen LogP contribution in [0.5, 0.6) is 0 Å². The van der Waals surface area contributed by atoms with Crippen LogP contribution in [0.15, 0.2) is 65.8 Å². The number of rotatable bonds is 3. The molecule has 0 saturated carbocycles. The number of hydrogen-bond donors (Lipinski definition) is 2. The first-order valence-electron chi connectivity index (χ1n) is 6.59. The number of nitrogens with one attached hydrogen (secondary N) is 2. The Bertz CT molecular complexity index is 609. The van der Waals surface area contributed by atoms with E-state index in [0.29, 0.717) is 5.84 Å². The monoisotopic (exact) mass is 282 g/mol. The van der Waals surface area contributed by atoms with Gasteiger partial charge in [-0.15, -0.1) is 0 Å². The lowest BCUT2D eigenvalue weighted by Gasteiger charge is -2.15. The Balaban J connectivity index is 2.09. The Morgan fingerprint density at radius 1 is 0.905 bits per heavy atom. The van der Waals surface area contributed by atoms with E-state index in [-0.39, 0.29) is 5.91 Å². The minimum Gasteiger partial charge on any atom is -0.357 e. The van der Waals surface area contributed by atoms with Crippen molar-refractivity contribution in [3.8, 4) is 0 Å². The van der Waals surface area contributed by atoms with Gasteiger partial charge in [-0.25, -0.2) is 0 Å². The van der Waals surface area contributed by atoms with Gasteiger partial charge >= 0.3 is 0 Å². The van der Waals surface area contributed by atoms with Crippen LogP contribution in [-0.2, 0) is 4.79 Å². The summed E-state index contributed by atoms with van der Waals surface area (Å²) in [7, 11) is 3.55. The normalized spacial score (nSPS) is 10.9. The van der Waals surface area contributed by atoms with Crippen LogP contribution < -0.4 is 10.7 Å². The molecule has 1 amide bonds. The van der Waals surface area contributed by atoms with Crippen LogP contribution >= 0.6 is 0 Å². The Morgan fingerprint density at radius 2 is 1.43 bits per heavy atom. The molecule has 0 unspecified atom stereocenters. The van der Waals surface area contributed by atoms with E-state index in [2.05, 4.69) is 15.8 Å². The van der Waals surface area contributed by atoms with E-state index in [9.17, 15) is 4.79 Å².